The first-order valence-corrected chi connectivity index (χ1v) is 13.6. The molecule has 1 aromatic rings. The average Bonchev–Trinajstić information content (AvgIpc) is 3.29. The van der Waals surface area contributed by atoms with Gasteiger partial charge in [0.1, 0.15) is 11.4 Å². The largest absolute Gasteiger partial charge is 0.378 e. The fourth-order valence-corrected chi connectivity index (χ4v) is 7.25. The first-order chi connectivity index (χ1) is 17.6. The van der Waals surface area contributed by atoms with Crippen molar-refractivity contribution in [2.75, 3.05) is 31.2 Å². The predicted octanol–water partition coefficient (Wildman–Crippen LogP) is 1.91. The molecule has 2 unspecified atom stereocenters. The van der Waals surface area contributed by atoms with Crippen LogP contribution in [0.15, 0.2) is 12.3 Å². The number of carbonyl (C=O) groups excluding carboxylic acids is 3. The summed E-state index contributed by atoms with van der Waals surface area (Å²) in [6, 6.07) is 0.0520. The second-order valence-corrected chi connectivity index (χ2v) is 12.0. The van der Waals surface area contributed by atoms with E-state index in [0.717, 1.165) is 37.9 Å². The summed E-state index contributed by atoms with van der Waals surface area (Å²) in [5, 5.41) is 10.9. The van der Waals surface area contributed by atoms with E-state index < -0.39 is 5.54 Å². The molecular formula is C27H40N6O4. The fraction of sp³-hybridized carbons (Fsp3) is 0.704. The van der Waals surface area contributed by atoms with Gasteiger partial charge in [-0.1, -0.05) is 6.92 Å². The zero-order valence-corrected chi connectivity index (χ0v) is 22.2. The number of hydrogen-bond donors (Lipinski definition) is 3. The second kappa shape index (κ2) is 9.78. The third kappa shape index (κ3) is 5.00. The van der Waals surface area contributed by atoms with Crippen LogP contribution < -0.4 is 21.3 Å². The van der Waals surface area contributed by atoms with Crippen LogP contribution in [0.5, 0.6) is 0 Å². The summed E-state index contributed by atoms with van der Waals surface area (Å²) in [4.78, 5) is 40.1. The Morgan fingerprint density at radius 1 is 1.19 bits per heavy atom. The van der Waals surface area contributed by atoms with E-state index in [4.69, 9.17) is 10.5 Å². The van der Waals surface area contributed by atoms with Gasteiger partial charge in [-0.15, -0.1) is 0 Å². The first kappa shape index (κ1) is 25.8. The van der Waals surface area contributed by atoms with Crippen LogP contribution in [-0.2, 0) is 14.3 Å². The van der Waals surface area contributed by atoms with E-state index in [1.807, 2.05) is 33.0 Å². The normalized spacial score (nSPS) is 31.1. The maximum atomic E-state index is 13.7. The minimum absolute atomic E-state index is 0.0302. The Morgan fingerprint density at radius 3 is 2.49 bits per heavy atom. The quantitative estimate of drug-likeness (QED) is 0.488. The number of nitrogens with one attached hydrogen (secondary N) is 2. The maximum Gasteiger partial charge on any atom is 0.256 e. The van der Waals surface area contributed by atoms with Gasteiger partial charge >= 0.3 is 0 Å². The van der Waals surface area contributed by atoms with Gasteiger partial charge in [-0.25, -0.2) is 4.68 Å². The Balaban J connectivity index is 1.38. The summed E-state index contributed by atoms with van der Waals surface area (Å²) >= 11 is 0. The van der Waals surface area contributed by atoms with E-state index >= 15 is 0 Å². The lowest BCUT2D eigenvalue weighted by atomic mass is 9.47. The van der Waals surface area contributed by atoms with Gasteiger partial charge in [0, 0.05) is 37.2 Å². The zero-order valence-electron chi connectivity index (χ0n) is 22.2. The standard InChI is InChI=1S/C27H40N6O4/c1-4-21(34)31-26(2,3)5-6-33-24(32-7-9-37-10-8-32)20(16-29-33)23(35)30-22-18-11-17-12-19(22)15-27(13-17,14-18)25(28)36/h5-6,16-19,22H,4,7-15H2,1-3H3,(H2,28,36)(H,30,35)(H,31,34)/b6-5+/t17?,18?,19?,22-,27-. The number of rotatable bonds is 8. The molecular weight excluding hydrogens is 472 g/mol. The second-order valence-electron chi connectivity index (χ2n) is 12.0. The summed E-state index contributed by atoms with van der Waals surface area (Å²) in [7, 11) is 0. The van der Waals surface area contributed by atoms with Crippen molar-refractivity contribution in [2.45, 2.75) is 70.9 Å². The van der Waals surface area contributed by atoms with E-state index in [2.05, 4.69) is 20.6 Å². The lowest BCUT2D eigenvalue weighted by Gasteiger charge is -2.58. The number of hydrogen-bond acceptors (Lipinski definition) is 6. The minimum atomic E-state index is -0.569. The number of amides is 3. The number of nitrogens with zero attached hydrogens (tertiary/aromatic N) is 3. The molecule has 37 heavy (non-hydrogen) atoms. The molecule has 5 fully saturated rings. The molecule has 1 aromatic heterocycles. The minimum Gasteiger partial charge on any atom is -0.378 e. The summed E-state index contributed by atoms with van der Waals surface area (Å²) in [5.74, 6) is 1.50. The molecule has 4 aliphatic carbocycles. The van der Waals surface area contributed by atoms with E-state index in [-0.39, 0.29) is 41.0 Å². The third-order valence-corrected chi connectivity index (χ3v) is 8.83. The van der Waals surface area contributed by atoms with E-state index in [0.29, 0.717) is 44.2 Å². The fourth-order valence-electron chi connectivity index (χ4n) is 7.25. The molecule has 10 heteroatoms. The molecule has 4 N–H and O–H groups in total. The highest BCUT2D eigenvalue weighted by atomic mass is 16.5. The van der Waals surface area contributed by atoms with Crippen molar-refractivity contribution in [1.82, 2.24) is 20.4 Å². The highest BCUT2D eigenvalue weighted by Gasteiger charge is 2.58. The zero-order chi connectivity index (χ0) is 26.4. The SMILES string of the molecule is CCC(=O)NC(C)(C)/C=C/n1ncc(C(=O)N[C@H]2C3CC4CC2C[C@](C(N)=O)(C4)C3)c1N1CCOCC1. The average molecular weight is 513 g/mol. The van der Waals surface area contributed by atoms with Gasteiger partial charge < -0.3 is 26.0 Å². The Bertz CT molecular complexity index is 1070. The van der Waals surface area contributed by atoms with E-state index in [1.54, 1.807) is 10.9 Å². The highest BCUT2D eigenvalue weighted by molar-refractivity contribution is 5.99. The lowest BCUT2D eigenvalue weighted by molar-refractivity contribution is -0.145. The molecule has 2 heterocycles. The molecule has 2 atom stereocenters. The molecule has 10 nitrogen and oxygen atoms in total. The molecule has 0 spiro atoms. The lowest BCUT2D eigenvalue weighted by Crippen LogP contribution is -2.62. The van der Waals surface area contributed by atoms with Crippen LogP contribution in [0.25, 0.3) is 6.20 Å². The van der Waals surface area contributed by atoms with Gasteiger partial charge in [0.15, 0.2) is 0 Å². The number of nitrogens with two attached hydrogens (primary N) is 1. The molecule has 1 aliphatic heterocycles. The monoisotopic (exact) mass is 512 g/mol. The van der Waals surface area contributed by atoms with Gasteiger partial charge in [-0.3, -0.25) is 14.4 Å². The molecule has 202 valence electrons. The van der Waals surface area contributed by atoms with E-state index in [1.165, 1.54) is 0 Å². The molecule has 0 radical (unpaired) electrons. The van der Waals surface area contributed by atoms with Gasteiger partial charge in [-0.05, 0) is 69.8 Å². The summed E-state index contributed by atoms with van der Waals surface area (Å²) in [6.45, 7) is 8.15. The number of morpholine rings is 1. The smallest absolute Gasteiger partial charge is 0.256 e. The Morgan fingerprint density at radius 2 is 1.86 bits per heavy atom. The number of aromatic nitrogens is 2. The number of carbonyl (C=O) groups is 3. The Labute approximate surface area is 218 Å². The van der Waals surface area contributed by atoms with Crippen LogP contribution in [0.4, 0.5) is 5.82 Å². The molecule has 6 rings (SSSR count). The van der Waals surface area contributed by atoms with Crippen LogP contribution in [0.1, 0.15) is 69.7 Å². The van der Waals surface area contributed by atoms with Gasteiger partial charge in [0.05, 0.1) is 24.9 Å². The summed E-state index contributed by atoms with van der Waals surface area (Å²) in [5.41, 5.74) is 5.42. The molecule has 1 saturated heterocycles. The third-order valence-electron chi connectivity index (χ3n) is 8.83. The van der Waals surface area contributed by atoms with Crippen molar-refractivity contribution < 1.29 is 19.1 Å². The number of primary amides is 1. The maximum absolute atomic E-state index is 13.7. The molecule has 0 aromatic carbocycles. The van der Waals surface area contributed by atoms with Crippen LogP contribution in [0, 0.1) is 23.2 Å². The van der Waals surface area contributed by atoms with Crippen molar-refractivity contribution in [3.8, 4) is 0 Å². The topological polar surface area (TPSA) is 132 Å². The number of ether oxygens (including phenoxy) is 1. The van der Waals surface area contributed by atoms with Crippen molar-refractivity contribution in [1.29, 1.82) is 0 Å². The van der Waals surface area contributed by atoms with Crippen LogP contribution in [-0.4, -0.2) is 65.4 Å². The van der Waals surface area contributed by atoms with Crippen molar-refractivity contribution in [3.05, 3.63) is 17.8 Å². The van der Waals surface area contributed by atoms with Crippen LogP contribution in [0.2, 0.25) is 0 Å². The predicted molar refractivity (Wildman–Crippen MR) is 140 cm³/mol. The summed E-state index contributed by atoms with van der Waals surface area (Å²) in [6.07, 6.45) is 10.3. The Hall–Kier alpha value is -2.88. The van der Waals surface area contributed by atoms with Gasteiger partial charge in [0.2, 0.25) is 11.8 Å². The molecule has 3 amide bonds. The summed E-state index contributed by atoms with van der Waals surface area (Å²) < 4.78 is 7.27. The number of anilines is 1. The van der Waals surface area contributed by atoms with Crippen LogP contribution >= 0.6 is 0 Å². The molecule has 4 bridgehead atoms. The van der Waals surface area contributed by atoms with Crippen molar-refractivity contribution in [2.24, 2.45) is 28.9 Å². The van der Waals surface area contributed by atoms with Gasteiger partial charge in [0.25, 0.3) is 5.91 Å². The highest BCUT2D eigenvalue weighted by Crippen LogP contribution is 2.60. The first-order valence-electron chi connectivity index (χ1n) is 13.6. The van der Waals surface area contributed by atoms with Crippen molar-refractivity contribution >= 4 is 29.7 Å². The Kier molecular flexibility index (Phi) is 6.81. The molecule has 5 aliphatic rings. The van der Waals surface area contributed by atoms with E-state index in [9.17, 15) is 14.4 Å². The van der Waals surface area contributed by atoms with Crippen LogP contribution in [0.3, 0.4) is 0 Å². The molecule has 4 saturated carbocycles. The van der Waals surface area contributed by atoms with Crippen molar-refractivity contribution in [3.63, 3.8) is 0 Å². The van der Waals surface area contributed by atoms with Gasteiger partial charge in [-0.2, -0.15) is 5.10 Å².